The minimum Gasteiger partial charge on any atom is -0.310 e. The normalized spacial score (nSPS) is 20.2. The van der Waals surface area contributed by atoms with Crippen LogP contribution in [0.5, 0.6) is 0 Å². The molecule has 1 heterocycles. The van der Waals surface area contributed by atoms with E-state index in [0.29, 0.717) is 5.54 Å². The van der Waals surface area contributed by atoms with Crippen LogP contribution in [0.1, 0.15) is 33.6 Å². The van der Waals surface area contributed by atoms with E-state index in [9.17, 15) is 0 Å². The van der Waals surface area contributed by atoms with Crippen LogP contribution in [-0.2, 0) is 0 Å². The van der Waals surface area contributed by atoms with E-state index in [0.717, 1.165) is 6.54 Å². The van der Waals surface area contributed by atoms with E-state index in [1.54, 1.807) is 0 Å². The number of likely N-dealkylation sites (N-methyl/N-ethyl adjacent to an activating group) is 1. The molecule has 0 aliphatic carbocycles. The summed E-state index contributed by atoms with van der Waals surface area (Å²) >= 11 is 0. The molecule has 1 saturated heterocycles. The van der Waals surface area contributed by atoms with Gasteiger partial charge in [0.15, 0.2) is 0 Å². The van der Waals surface area contributed by atoms with Crippen LogP contribution in [0, 0.1) is 0 Å². The molecule has 1 aliphatic heterocycles. The lowest BCUT2D eigenvalue weighted by Gasteiger charge is -2.34. The number of piperazine rings is 1. The van der Waals surface area contributed by atoms with E-state index in [4.69, 9.17) is 0 Å². The van der Waals surface area contributed by atoms with E-state index in [-0.39, 0.29) is 0 Å². The van der Waals surface area contributed by atoms with Crippen LogP contribution in [0.2, 0.25) is 0 Å². The standard InChI is InChI=1S/C13H29N3/c1-5-13(3,6-2)14-7-8-16-11-9-15(4)10-12-16/h14H,5-12H2,1-4H3. The van der Waals surface area contributed by atoms with Gasteiger partial charge in [-0.05, 0) is 26.8 Å². The van der Waals surface area contributed by atoms with Crippen LogP contribution in [0.15, 0.2) is 0 Å². The van der Waals surface area contributed by atoms with Crippen molar-refractivity contribution in [1.82, 2.24) is 15.1 Å². The quantitative estimate of drug-likeness (QED) is 0.740. The van der Waals surface area contributed by atoms with Crippen molar-refractivity contribution in [3.05, 3.63) is 0 Å². The molecule has 0 saturated carbocycles. The predicted octanol–water partition coefficient (Wildman–Crippen LogP) is 1.40. The second-order valence-electron chi connectivity index (χ2n) is 5.34. The Labute approximate surface area is 101 Å². The highest BCUT2D eigenvalue weighted by Gasteiger charge is 2.19. The van der Waals surface area contributed by atoms with Gasteiger partial charge in [0.05, 0.1) is 0 Å². The van der Waals surface area contributed by atoms with Gasteiger partial charge in [-0.2, -0.15) is 0 Å². The summed E-state index contributed by atoms with van der Waals surface area (Å²) in [6, 6.07) is 0. The molecule has 0 amide bonds. The van der Waals surface area contributed by atoms with Gasteiger partial charge in [-0.3, -0.25) is 4.90 Å². The van der Waals surface area contributed by atoms with Crippen molar-refractivity contribution in [2.75, 3.05) is 46.3 Å². The summed E-state index contributed by atoms with van der Waals surface area (Å²) in [4.78, 5) is 4.98. The molecule has 1 rings (SSSR count). The Hall–Kier alpha value is -0.120. The van der Waals surface area contributed by atoms with Crippen LogP contribution in [0.4, 0.5) is 0 Å². The first kappa shape index (κ1) is 13.9. The third kappa shape index (κ3) is 4.40. The number of hydrogen-bond acceptors (Lipinski definition) is 3. The molecular weight excluding hydrogens is 198 g/mol. The van der Waals surface area contributed by atoms with E-state index in [1.807, 2.05) is 0 Å². The van der Waals surface area contributed by atoms with Gasteiger partial charge in [0, 0.05) is 44.8 Å². The van der Waals surface area contributed by atoms with Crippen LogP contribution in [0.25, 0.3) is 0 Å². The summed E-state index contributed by atoms with van der Waals surface area (Å²) in [5.74, 6) is 0. The van der Waals surface area contributed by atoms with Crippen LogP contribution in [-0.4, -0.2) is 61.7 Å². The zero-order valence-electron chi connectivity index (χ0n) is 11.6. The second kappa shape index (κ2) is 6.58. The molecule has 0 atom stereocenters. The molecule has 0 radical (unpaired) electrons. The molecule has 0 unspecified atom stereocenters. The van der Waals surface area contributed by atoms with Crippen molar-refractivity contribution in [1.29, 1.82) is 0 Å². The largest absolute Gasteiger partial charge is 0.310 e. The molecule has 0 aromatic carbocycles. The van der Waals surface area contributed by atoms with Gasteiger partial charge in [0.2, 0.25) is 0 Å². The molecular formula is C13H29N3. The fraction of sp³-hybridized carbons (Fsp3) is 1.00. The van der Waals surface area contributed by atoms with Crippen molar-refractivity contribution < 1.29 is 0 Å². The monoisotopic (exact) mass is 227 g/mol. The Balaban J connectivity index is 2.15. The third-order valence-electron chi connectivity index (χ3n) is 4.14. The maximum absolute atomic E-state index is 3.70. The van der Waals surface area contributed by atoms with E-state index in [2.05, 4.69) is 42.9 Å². The molecule has 0 bridgehead atoms. The lowest BCUT2D eigenvalue weighted by molar-refractivity contribution is 0.150. The first-order valence-corrected chi connectivity index (χ1v) is 6.75. The smallest absolute Gasteiger partial charge is 0.0148 e. The fourth-order valence-electron chi connectivity index (χ4n) is 2.09. The van der Waals surface area contributed by atoms with E-state index < -0.39 is 0 Å². The predicted molar refractivity (Wildman–Crippen MR) is 70.9 cm³/mol. The Morgan fingerprint density at radius 3 is 2.12 bits per heavy atom. The van der Waals surface area contributed by atoms with E-state index >= 15 is 0 Å². The average molecular weight is 227 g/mol. The molecule has 1 aliphatic rings. The zero-order valence-corrected chi connectivity index (χ0v) is 11.6. The maximum atomic E-state index is 3.70. The number of hydrogen-bond donors (Lipinski definition) is 1. The summed E-state index contributed by atoms with van der Waals surface area (Å²) in [7, 11) is 2.21. The van der Waals surface area contributed by atoms with Crippen LogP contribution >= 0.6 is 0 Å². The summed E-state index contributed by atoms with van der Waals surface area (Å²) in [5.41, 5.74) is 0.340. The lowest BCUT2D eigenvalue weighted by atomic mass is 9.96. The summed E-state index contributed by atoms with van der Waals surface area (Å²) in [5, 5.41) is 3.70. The molecule has 96 valence electrons. The maximum Gasteiger partial charge on any atom is 0.0148 e. The summed E-state index contributed by atoms with van der Waals surface area (Å²) in [6.07, 6.45) is 2.43. The van der Waals surface area contributed by atoms with Gasteiger partial charge < -0.3 is 10.2 Å². The van der Waals surface area contributed by atoms with Gasteiger partial charge in [0.25, 0.3) is 0 Å². The SMILES string of the molecule is CCC(C)(CC)NCCN1CCN(C)CC1. The molecule has 3 nitrogen and oxygen atoms in total. The van der Waals surface area contributed by atoms with Gasteiger partial charge >= 0.3 is 0 Å². The Bertz CT molecular complexity index is 182. The molecule has 0 aromatic rings. The molecule has 0 aromatic heterocycles. The Morgan fingerprint density at radius 1 is 1.06 bits per heavy atom. The minimum atomic E-state index is 0.340. The van der Waals surface area contributed by atoms with Crippen molar-refractivity contribution >= 4 is 0 Å². The first-order valence-electron chi connectivity index (χ1n) is 6.75. The minimum absolute atomic E-state index is 0.340. The summed E-state index contributed by atoms with van der Waals surface area (Å²) in [6.45, 7) is 14.1. The highest BCUT2D eigenvalue weighted by atomic mass is 15.2. The second-order valence-corrected chi connectivity index (χ2v) is 5.34. The van der Waals surface area contributed by atoms with Gasteiger partial charge in [0.1, 0.15) is 0 Å². The fourth-order valence-corrected chi connectivity index (χ4v) is 2.09. The van der Waals surface area contributed by atoms with E-state index in [1.165, 1.54) is 45.6 Å². The number of nitrogens with one attached hydrogen (secondary N) is 1. The molecule has 0 spiro atoms. The summed E-state index contributed by atoms with van der Waals surface area (Å²) < 4.78 is 0. The molecule has 3 heteroatoms. The van der Waals surface area contributed by atoms with Gasteiger partial charge in [-0.1, -0.05) is 13.8 Å². The third-order valence-corrected chi connectivity index (χ3v) is 4.14. The molecule has 1 N–H and O–H groups in total. The van der Waals surface area contributed by atoms with Crippen molar-refractivity contribution in [3.63, 3.8) is 0 Å². The zero-order chi connectivity index (χ0) is 12.0. The topological polar surface area (TPSA) is 18.5 Å². The van der Waals surface area contributed by atoms with Crippen molar-refractivity contribution in [2.45, 2.75) is 39.2 Å². The Morgan fingerprint density at radius 2 is 1.62 bits per heavy atom. The van der Waals surface area contributed by atoms with Crippen LogP contribution in [0.3, 0.4) is 0 Å². The number of rotatable bonds is 6. The first-order chi connectivity index (χ1) is 7.59. The highest BCUT2D eigenvalue weighted by molar-refractivity contribution is 4.80. The molecule has 16 heavy (non-hydrogen) atoms. The average Bonchev–Trinajstić information content (AvgIpc) is 2.31. The van der Waals surface area contributed by atoms with Crippen LogP contribution < -0.4 is 5.32 Å². The lowest BCUT2D eigenvalue weighted by Crippen LogP contribution is -2.49. The van der Waals surface area contributed by atoms with Crippen molar-refractivity contribution in [3.8, 4) is 0 Å². The molecule has 1 fully saturated rings. The van der Waals surface area contributed by atoms with Gasteiger partial charge in [-0.15, -0.1) is 0 Å². The highest BCUT2D eigenvalue weighted by Crippen LogP contribution is 2.12. The number of nitrogens with zero attached hydrogens (tertiary/aromatic N) is 2. The Kier molecular flexibility index (Phi) is 5.73. The van der Waals surface area contributed by atoms with Gasteiger partial charge in [-0.25, -0.2) is 0 Å². The van der Waals surface area contributed by atoms with Crippen molar-refractivity contribution in [2.24, 2.45) is 0 Å².